The van der Waals surface area contributed by atoms with Gasteiger partial charge in [0.05, 0.1) is 22.2 Å². The number of anilines is 6. The van der Waals surface area contributed by atoms with Crippen molar-refractivity contribution in [3.8, 4) is 77.9 Å². The van der Waals surface area contributed by atoms with Gasteiger partial charge in [0.2, 0.25) is 0 Å². The van der Waals surface area contributed by atoms with Gasteiger partial charge < -0.3 is 9.80 Å². The molecule has 2 nitrogen and oxygen atoms in total. The van der Waals surface area contributed by atoms with E-state index in [0.29, 0.717) is 0 Å². The molecule has 0 fully saturated rings. The van der Waals surface area contributed by atoms with E-state index in [4.69, 9.17) is 0 Å². The molecule has 7 aliphatic rings. The number of nitrogens with zero attached hydrogens (tertiary/aromatic N) is 2. The lowest BCUT2D eigenvalue weighted by molar-refractivity contribution is 0.332. The first-order chi connectivity index (χ1) is 47.6. The number of para-hydroxylation sites is 2. The van der Waals surface area contributed by atoms with Gasteiger partial charge in [0.25, 0.3) is 6.71 Å². The topological polar surface area (TPSA) is 6.48 Å². The number of hydrogen-bond donors (Lipinski definition) is 0. The molecule has 0 saturated carbocycles. The van der Waals surface area contributed by atoms with Crippen LogP contribution in [0.1, 0.15) is 96.2 Å². The maximum Gasteiger partial charge on any atom is 0.252 e. The Morgan fingerprint density at radius 3 is 0.948 bits per heavy atom. The zero-order valence-electron chi connectivity index (χ0n) is 54.8. The van der Waals surface area contributed by atoms with E-state index in [9.17, 15) is 0 Å². The van der Waals surface area contributed by atoms with E-state index in [1.807, 2.05) is 0 Å². The van der Waals surface area contributed by atoms with Crippen LogP contribution < -0.4 is 26.2 Å². The highest BCUT2D eigenvalue weighted by molar-refractivity contribution is 7.00. The van der Waals surface area contributed by atoms with E-state index < -0.39 is 10.8 Å². The summed E-state index contributed by atoms with van der Waals surface area (Å²) < 4.78 is 0. The number of rotatable bonds is 5. The van der Waals surface area contributed by atoms with Crippen LogP contribution in [0.4, 0.5) is 34.1 Å². The summed E-state index contributed by atoms with van der Waals surface area (Å²) in [6.07, 6.45) is 2.29. The van der Waals surface area contributed by atoms with Gasteiger partial charge in [-0.25, -0.2) is 0 Å². The Morgan fingerprint density at radius 1 is 0.227 bits per heavy atom. The van der Waals surface area contributed by atoms with Gasteiger partial charge in [-0.1, -0.05) is 301 Å². The van der Waals surface area contributed by atoms with Crippen LogP contribution in [0.15, 0.2) is 309 Å². The van der Waals surface area contributed by atoms with Gasteiger partial charge >= 0.3 is 0 Å². The van der Waals surface area contributed by atoms with Gasteiger partial charge in [-0.15, -0.1) is 0 Å². The predicted octanol–water partition coefficient (Wildman–Crippen LogP) is 21.8. The minimum absolute atomic E-state index is 0.00358. The Balaban J connectivity index is 0.950. The van der Waals surface area contributed by atoms with Crippen LogP contribution in [0, 0.1) is 0 Å². The van der Waals surface area contributed by atoms with Gasteiger partial charge in [0.1, 0.15) is 0 Å². The minimum Gasteiger partial charge on any atom is -0.311 e. The Labute approximate surface area is 568 Å². The second-order valence-electron chi connectivity index (χ2n) is 29.5. The summed E-state index contributed by atoms with van der Waals surface area (Å²) in [6, 6.07) is 120. The summed E-state index contributed by atoms with van der Waals surface area (Å²) in [6.45, 7) is 9.59. The molecule has 2 heterocycles. The highest BCUT2D eigenvalue weighted by Gasteiger charge is 2.56. The Kier molecular flexibility index (Phi) is 11.2. The zero-order valence-corrected chi connectivity index (χ0v) is 54.8. The van der Waals surface area contributed by atoms with Gasteiger partial charge in [-0.3, -0.25) is 0 Å². The van der Waals surface area contributed by atoms with Gasteiger partial charge in [-0.2, -0.15) is 0 Å². The van der Waals surface area contributed by atoms with Crippen LogP contribution in [0.3, 0.4) is 0 Å². The third kappa shape index (κ3) is 7.16. The first-order valence-electron chi connectivity index (χ1n) is 34.8. The Bertz CT molecular complexity index is 5350. The van der Waals surface area contributed by atoms with Gasteiger partial charge in [0.15, 0.2) is 0 Å². The van der Waals surface area contributed by atoms with Crippen molar-refractivity contribution in [2.75, 3.05) is 9.80 Å². The fourth-order valence-electron chi connectivity index (χ4n) is 19.7. The standard InChI is InChI=1S/C94H67BN2/c1-91(2)49-50-92(3,4)81-51-60(47-48-78(81)91)61-52-88-90-89(53-61)97(85-46-26-18-32-63(85)59-29-9-6-10-30-59)87-55-71-69-38-16-24-44-77(69)94(74-41-21-13-35-66(74)67-36-14-22-42-75(67)94)80(71)57-83(87)95(90)82-56-79-70(54-86(82)96(88)84-45-25-17-31-62(84)58-27-7-5-8-28-58)68-37-15-23-43-76(68)93(79)72-39-19-11-33-64(72)65-34-12-20-40-73(65)93/h5-48,51-57H,49-50H2,1-4H3. The van der Waals surface area contributed by atoms with Crippen molar-refractivity contribution in [2.45, 2.75) is 62.2 Å². The van der Waals surface area contributed by atoms with Crippen LogP contribution in [0.2, 0.25) is 0 Å². The molecule has 456 valence electrons. The van der Waals surface area contributed by atoms with Crippen molar-refractivity contribution in [1.82, 2.24) is 0 Å². The van der Waals surface area contributed by atoms with Crippen LogP contribution in [-0.4, -0.2) is 6.71 Å². The minimum atomic E-state index is -0.582. The van der Waals surface area contributed by atoms with Crippen molar-refractivity contribution in [2.24, 2.45) is 0 Å². The van der Waals surface area contributed by atoms with Crippen molar-refractivity contribution in [3.05, 3.63) is 365 Å². The Hall–Kier alpha value is -11.3. The highest BCUT2D eigenvalue weighted by Crippen LogP contribution is 2.66. The molecule has 5 aliphatic carbocycles. The molecule has 0 unspecified atom stereocenters. The van der Waals surface area contributed by atoms with Crippen molar-refractivity contribution in [3.63, 3.8) is 0 Å². The molecule has 0 bridgehead atoms. The molecule has 0 radical (unpaired) electrons. The van der Waals surface area contributed by atoms with Crippen LogP contribution in [-0.2, 0) is 21.7 Å². The van der Waals surface area contributed by atoms with E-state index in [2.05, 4.69) is 347 Å². The van der Waals surface area contributed by atoms with Gasteiger partial charge in [-0.05, 0) is 199 Å². The van der Waals surface area contributed by atoms with E-state index in [1.165, 1.54) is 173 Å². The van der Waals surface area contributed by atoms with Crippen LogP contribution >= 0.6 is 0 Å². The summed E-state index contributed by atoms with van der Waals surface area (Å²) in [5.74, 6) is 0. The molecule has 14 aromatic carbocycles. The van der Waals surface area contributed by atoms with Crippen molar-refractivity contribution < 1.29 is 0 Å². The lowest BCUT2D eigenvalue weighted by Crippen LogP contribution is -2.62. The van der Waals surface area contributed by atoms with Crippen LogP contribution in [0.5, 0.6) is 0 Å². The smallest absolute Gasteiger partial charge is 0.252 e. The monoisotopic (exact) mass is 1230 g/mol. The maximum atomic E-state index is 2.73. The van der Waals surface area contributed by atoms with Crippen molar-refractivity contribution >= 4 is 57.2 Å². The average molecular weight is 1240 g/mol. The SMILES string of the molecule is CC1(C)CCC(C)(C)c2cc(-c3cc4c5c(c3)N(c3ccccc3-c3ccccc3)c3cc6c(cc3B5c3cc5c(cc3N4c3ccccc3-c3ccccc3)-c3ccccc3C53c4ccccc4-c4ccccc43)C3(c4ccccc4-c4ccccc43)c3ccccc3-6)ccc21. The zero-order chi connectivity index (χ0) is 64.3. The first kappa shape index (κ1) is 55.1. The molecule has 2 spiro atoms. The normalized spacial score (nSPS) is 16.0. The third-order valence-corrected chi connectivity index (χ3v) is 23.9. The number of hydrogen-bond acceptors (Lipinski definition) is 2. The highest BCUT2D eigenvalue weighted by atomic mass is 15.2. The van der Waals surface area contributed by atoms with E-state index in [0.717, 1.165) is 24.2 Å². The summed E-state index contributed by atoms with van der Waals surface area (Å²) in [7, 11) is 0. The summed E-state index contributed by atoms with van der Waals surface area (Å²) in [5, 5.41) is 0. The average Bonchev–Trinajstić information content (AvgIpc) is 1.52. The molecule has 0 saturated heterocycles. The lowest BCUT2D eigenvalue weighted by atomic mass is 9.33. The van der Waals surface area contributed by atoms with E-state index >= 15 is 0 Å². The molecule has 14 aromatic rings. The second kappa shape index (κ2) is 19.7. The van der Waals surface area contributed by atoms with Crippen molar-refractivity contribution in [1.29, 1.82) is 0 Å². The second-order valence-corrected chi connectivity index (χ2v) is 29.5. The summed E-state index contributed by atoms with van der Waals surface area (Å²) in [4.78, 5) is 5.43. The maximum absolute atomic E-state index is 2.73. The van der Waals surface area contributed by atoms with Gasteiger partial charge in [0, 0.05) is 33.9 Å². The summed E-state index contributed by atoms with van der Waals surface area (Å²) in [5.41, 5.74) is 40.9. The molecule has 0 amide bonds. The number of benzene rings is 14. The van der Waals surface area contributed by atoms with E-state index in [1.54, 1.807) is 0 Å². The summed E-state index contributed by atoms with van der Waals surface area (Å²) >= 11 is 0. The first-order valence-corrected chi connectivity index (χ1v) is 34.8. The third-order valence-electron chi connectivity index (χ3n) is 23.9. The molecule has 3 heteroatoms. The molecule has 0 aromatic heterocycles. The largest absolute Gasteiger partial charge is 0.311 e. The molecule has 21 rings (SSSR count). The fraction of sp³-hybridized carbons (Fsp3) is 0.106. The fourth-order valence-corrected chi connectivity index (χ4v) is 19.7. The van der Waals surface area contributed by atoms with E-state index in [-0.39, 0.29) is 17.5 Å². The molecule has 0 atom stereocenters. The molecule has 2 aliphatic heterocycles. The molecular formula is C94H67BN2. The molecular weight excluding hydrogens is 1170 g/mol. The number of fused-ring (bicyclic) bond motifs is 25. The Morgan fingerprint density at radius 2 is 0.557 bits per heavy atom. The lowest BCUT2D eigenvalue weighted by Gasteiger charge is -2.46. The quantitative estimate of drug-likeness (QED) is 0.159. The van der Waals surface area contributed by atoms with Crippen LogP contribution in [0.25, 0.3) is 77.9 Å². The molecule has 97 heavy (non-hydrogen) atoms. The predicted molar refractivity (Wildman–Crippen MR) is 405 cm³/mol. The molecule has 0 N–H and O–H groups in total.